The van der Waals surface area contributed by atoms with Crippen molar-refractivity contribution in [1.82, 2.24) is 0 Å². The molecule has 3 nitrogen and oxygen atoms in total. The van der Waals surface area contributed by atoms with Gasteiger partial charge in [-0.3, -0.25) is 0 Å². The number of hydrogen-bond acceptors (Lipinski definition) is 2. The summed E-state index contributed by atoms with van der Waals surface area (Å²) in [4.78, 5) is 0. The lowest BCUT2D eigenvalue weighted by Gasteiger charge is -2.05. The molecule has 1 aliphatic rings. The lowest BCUT2D eigenvalue weighted by atomic mass is 10.0. The van der Waals surface area contributed by atoms with Crippen molar-refractivity contribution >= 4 is 11.4 Å². The Morgan fingerprint density at radius 1 is 1.12 bits per heavy atom. The Hall–Kier alpha value is -1.48. The minimum Gasteiger partial charge on any atom is -1.00 e. The second kappa shape index (κ2) is 6.18. The van der Waals surface area contributed by atoms with E-state index in [2.05, 4.69) is 10.5 Å². The number of allylic oxidation sites excluding steroid dienone is 2. The van der Waals surface area contributed by atoms with Crippen LogP contribution in [-0.4, -0.2) is 10.8 Å². The average Bonchev–Trinajstić information content (AvgIpc) is 2.28. The highest BCUT2D eigenvalue weighted by Crippen LogP contribution is 2.10. The van der Waals surface area contributed by atoms with Crippen LogP contribution in [0.15, 0.2) is 42.2 Å². The lowest BCUT2D eigenvalue weighted by Crippen LogP contribution is -3.00. The minimum atomic E-state index is 0. The van der Waals surface area contributed by atoms with E-state index in [0.717, 1.165) is 30.7 Å². The molecule has 0 saturated heterocycles. The van der Waals surface area contributed by atoms with Crippen molar-refractivity contribution < 1.29 is 22.6 Å². The molecule has 3 N–H and O–H groups in total. The van der Waals surface area contributed by atoms with Crippen molar-refractivity contribution in [2.24, 2.45) is 0 Å². The lowest BCUT2D eigenvalue weighted by molar-refractivity contribution is -0.420. The molecule has 0 unspecified atom stereocenters. The van der Waals surface area contributed by atoms with Gasteiger partial charge in [0, 0.05) is 18.9 Å². The molecule has 1 aromatic carbocycles. The summed E-state index contributed by atoms with van der Waals surface area (Å²) in [5, 5.41) is 12.4. The van der Waals surface area contributed by atoms with Gasteiger partial charge < -0.3 is 17.5 Å². The van der Waals surface area contributed by atoms with Crippen molar-refractivity contribution in [3.63, 3.8) is 0 Å². The van der Waals surface area contributed by atoms with Crippen LogP contribution in [0.4, 0.5) is 5.69 Å². The molecule has 0 aliphatic heterocycles. The van der Waals surface area contributed by atoms with Crippen molar-refractivity contribution in [3.8, 4) is 0 Å². The Labute approximate surface area is 101 Å². The summed E-state index contributed by atoms with van der Waals surface area (Å²) >= 11 is 0. The number of rotatable bonds is 2. The first kappa shape index (κ1) is 12.6. The molecule has 0 aromatic heterocycles. The minimum absolute atomic E-state index is 0. The van der Waals surface area contributed by atoms with Gasteiger partial charge in [0.15, 0.2) is 0 Å². The number of benzene rings is 1. The van der Waals surface area contributed by atoms with Crippen LogP contribution >= 0.6 is 0 Å². The quantitative estimate of drug-likeness (QED) is 0.531. The Balaban J connectivity index is 0.00000128. The van der Waals surface area contributed by atoms with Gasteiger partial charge in [0.25, 0.3) is 0 Å². The summed E-state index contributed by atoms with van der Waals surface area (Å²) in [5.41, 5.74) is 5.14. The van der Waals surface area contributed by atoms with Gasteiger partial charge in [0.05, 0.1) is 11.4 Å². The van der Waals surface area contributed by atoms with Gasteiger partial charge in [-0.2, -0.15) is 5.43 Å². The van der Waals surface area contributed by atoms with Crippen molar-refractivity contribution in [2.45, 2.75) is 19.3 Å². The number of aliphatic hydroxyl groups is 1. The fourth-order valence-electron chi connectivity index (χ4n) is 1.58. The second-order valence-electron chi connectivity index (χ2n) is 3.63. The molecule has 2 rings (SSSR count). The van der Waals surface area contributed by atoms with Gasteiger partial charge in [-0.05, 0) is 18.6 Å². The van der Waals surface area contributed by atoms with Crippen LogP contribution in [0.1, 0.15) is 19.3 Å². The fraction of sp³-hybridized carbons (Fsp3) is 0.250. The number of para-hydroxylation sites is 1. The van der Waals surface area contributed by atoms with E-state index in [-0.39, 0.29) is 12.4 Å². The van der Waals surface area contributed by atoms with Gasteiger partial charge in [-0.1, -0.05) is 18.2 Å². The molecule has 0 bridgehead atoms. The maximum absolute atomic E-state index is 9.35. The molecule has 1 aromatic rings. The smallest absolute Gasteiger partial charge is 0.206 e. The number of hydrazine groups is 1. The SMILES string of the molecule is OC1=C/C(=[NH+]\Nc2ccccc2)CCC1.[Cl-]. The highest BCUT2D eigenvalue weighted by Gasteiger charge is 2.11. The van der Waals surface area contributed by atoms with Crippen LogP contribution in [0.2, 0.25) is 0 Å². The van der Waals surface area contributed by atoms with E-state index in [0.29, 0.717) is 5.76 Å². The molecule has 0 saturated carbocycles. The van der Waals surface area contributed by atoms with Gasteiger partial charge in [-0.25, -0.2) is 0 Å². The van der Waals surface area contributed by atoms with Crippen LogP contribution in [0.25, 0.3) is 0 Å². The van der Waals surface area contributed by atoms with Crippen molar-refractivity contribution in [3.05, 3.63) is 42.2 Å². The third kappa shape index (κ3) is 3.59. The van der Waals surface area contributed by atoms with E-state index in [1.807, 2.05) is 30.3 Å². The zero-order valence-electron chi connectivity index (χ0n) is 8.91. The van der Waals surface area contributed by atoms with Gasteiger partial charge in [-0.15, -0.1) is 5.10 Å². The molecule has 0 radical (unpaired) electrons. The highest BCUT2D eigenvalue weighted by atomic mass is 35.5. The molecule has 0 fully saturated rings. The number of aliphatic hydroxyl groups excluding tert-OH is 1. The topological polar surface area (TPSA) is 46.2 Å². The predicted octanol–water partition coefficient (Wildman–Crippen LogP) is -1.84. The number of hydrogen-bond donors (Lipinski definition) is 3. The van der Waals surface area contributed by atoms with E-state index in [9.17, 15) is 5.11 Å². The molecule has 0 spiro atoms. The maximum atomic E-state index is 9.35. The number of anilines is 1. The summed E-state index contributed by atoms with van der Waals surface area (Å²) in [7, 11) is 0. The Kier molecular flexibility index (Phi) is 4.86. The van der Waals surface area contributed by atoms with E-state index in [1.165, 1.54) is 0 Å². The highest BCUT2D eigenvalue weighted by molar-refractivity contribution is 5.91. The molecule has 86 valence electrons. The molecule has 0 amide bonds. The predicted molar refractivity (Wildman–Crippen MR) is 60.6 cm³/mol. The Bertz CT molecular complexity index is 387. The zero-order valence-corrected chi connectivity index (χ0v) is 9.67. The van der Waals surface area contributed by atoms with Crippen LogP contribution in [-0.2, 0) is 0 Å². The van der Waals surface area contributed by atoms with E-state index < -0.39 is 0 Å². The third-order valence-corrected chi connectivity index (χ3v) is 2.36. The monoisotopic (exact) mass is 238 g/mol. The van der Waals surface area contributed by atoms with Crippen LogP contribution in [0.3, 0.4) is 0 Å². The average molecular weight is 239 g/mol. The Morgan fingerprint density at radius 2 is 1.88 bits per heavy atom. The van der Waals surface area contributed by atoms with Gasteiger partial charge in [0.2, 0.25) is 5.71 Å². The first-order valence-corrected chi connectivity index (χ1v) is 5.17. The summed E-state index contributed by atoms with van der Waals surface area (Å²) in [6, 6.07) is 9.90. The molecule has 4 heteroatoms. The van der Waals surface area contributed by atoms with Crippen molar-refractivity contribution in [2.75, 3.05) is 5.43 Å². The first-order chi connectivity index (χ1) is 7.34. The van der Waals surface area contributed by atoms with Gasteiger partial charge in [0.1, 0.15) is 0 Å². The van der Waals surface area contributed by atoms with Gasteiger partial charge >= 0.3 is 0 Å². The van der Waals surface area contributed by atoms with E-state index in [1.54, 1.807) is 6.08 Å². The fourth-order valence-corrected chi connectivity index (χ4v) is 1.58. The van der Waals surface area contributed by atoms with E-state index in [4.69, 9.17) is 0 Å². The number of halogens is 1. The molecular weight excluding hydrogens is 224 g/mol. The van der Waals surface area contributed by atoms with Crippen LogP contribution < -0.4 is 22.9 Å². The molecular formula is C12H15ClN2O. The van der Waals surface area contributed by atoms with Crippen LogP contribution in [0, 0.1) is 0 Å². The second-order valence-corrected chi connectivity index (χ2v) is 3.63. The van der Waals surface area contributed by atoms with Crippen molar-refractivity contribution in [1.29, 1.82) is 0 Å². The van der Waals surface area contributed by atoms with Crippen LogP contribution in [0.5, 0.6) is 0 Å². The number of hydrazone groups is 1. The normalized spacial score (nSPS) is 17.5. The first-order valence-electron chi connectivity index (χ1n) is 5.17. The summed E-state index contributed by atoms with van der Waals surface area (Å²) in [6.45, 7) is 0. The molecule has 16 heavy (non-hydrogen) atoms. The third-order valence-electron chi connectivity index (χ3n) is 2.36. The molecule has 0 atom stereocenters. The Morgan fingerprint density at radius 3 is 2.56 bits per heavy atom. The summed E-state index contributed by atoms with van der Waals surface area (Å²) in [5.74, 6) is 0.457. The standard InChI is InChI=1S/C12H14N2O.ClH/c15-12-8-4-7-11(9-12)14-13-10-5-2-1-3-6-10;/h1-3,5-6,9,13,15H,4,7-8H2;1H/b14-11-;. The van der Waals surface area contributed by atoms with E-state index >= 15 is 0 Å². The number of nitrogens with one attached hydrogen (secondary N) is 2. The molecule has 1 aliphatic carbocycles. The largest absolute Gasteiger partial charge is 1.00 e. The zero-order chi connectivity index (χ0) is 10.5. The summed E-state index contributed by atoms with van der Waals surface area (Å²) in [6.07, 6.45) is 4.56. The molecule has 0 heterocycles. The maximum Gasteiger partial charge on any atom is 0.206 e. The summed E-state index contributed by atoms with van der Waals surface area (Å²) < 4.78 is 0.